The van der Waals surface area contributed by atoms with Gasteiger partial charge in [-0.1, -0.05) is 6.42 Å². The first-order valence-electron chi connectivity index (χ1n) is 8.64. The number of likely N-dealkylation sites (tertiary alicyclic amines) is 1. The first-order chi connectivity index (χ1) is 10.1. The zero-order valence-corrected chi connectivity index (χ0v) is 12.3. The molecule has 0 spiro atoms. The van der Waals surface area contributed by atoms with Crippen molar-refractivity contribution in [2.75, 3.05) is 13.1 Å². The third-order valence-corrected chi connectivity index (χ3v) is 7.63. The Labute approximate surface area is 124 Å². The van der Waals surface area contributed by atoms with Gasteiger partial charge in [-0.2, -0.15) is 0 Å². The summed E-state index contributed by atoms with van der Waals surface area (Å²) in [4.78, 5) is 26.5. The Morgan fingerprint density at radius 2 is 1.81 bits per heavy atom. The molecule has 4 nitrogen and oxygen atoms in total. The number of carbonyl (C=O) groups excluding carboxylic acids is 1. The van der Waals surface area contributed by atoms with Crippen molar-refractivity contribution in [3.8, 4) is 0 Å². The molecule has 5 fully saturated rings. The molecule has 2 bridgehead atoms. The second kappa shape index (κ2) is 3.82. The molecule has 4 aliphatic carbocycles. The van der Waals surface area contributed by atoms with Crippen LogP contribution in [0, 0.1) is 40.9 Å². The van der Waals surface area contributed by atoms with E-state index in [2.05, 4.69) is 0 Å². The Bertz CT molecular complexity index is 516. The summed E-state index contributed by atoms with van der Waals surface area (Å²) < 4.78 is 0. The lowest BCUT2D eigenvalue weighted by molar-refractivity contribution is -0.149. The molecule has 5 aliphatic rings. The Kier molecular flexibility index (Phi) is 2.27. The summed E-state index contributed by atoms with van der Waals surface area (Å²) in [5.41, 5.74) is -0.612. The van der Waals surface area contributed by atoms with Crippen LogP contribution in [-0.4, -0.2) is 35.0 Å². The lowest BCUT2D eigenvalue weighted by Crippen LogP contribution is -2.38. The van der Waals surface area contributed by atoms with Crippen molar-refractivity contribution in [1.82, 2.24) is 4.90 Å². The number of hydrogen-bond donors (Lipinski definition) is 1. The number of carbonyl (C=O) groups is 2. The molecule has 1 saturated heterocycles. The van der Waals surface area contributed by atoms with Crippen LogP contribution in [0.1, 0.15) is 38.5 Å². The molecule has 0 aromatic heterocycles. The SMILES string of the molecule is O=C(C1C2C3CCC(C3)C12)N1C[C@@H]2CCC[C@@]2(C(=O)O)C1. The van der Waals surface area contributed by atoms with Crippen molar-refractivity contribution in [3.63, 3.8) is 0 Å². The van der Waals surface area contributed by atoms with Crippen LogP contribution < -0.4 is 0 Å². The van der Waals surface area contributed by atoms with Gasteiger partial charge in [0.2, 0.25) is 5.91 Å². The van der Waals surface area contributed by atoms with Crippen molar-refractivity contribution in [1.29, 1.82) is 0 Å². The standard InChI is InChI=1S/C17H23NO3/c19-15(14-12-9-3-4-10(6-9)13(12)14)18-7-11-2-1-5-17(11,8-18)16(20)21/h9-14H,1-8H2,(H,20,21)/t9?,10?,11-,12?,13?,14?,17+/m0/s1. The average Bonchev–Trinajstić information content (AvgIpc) is 2.87. The van der Waals surface area contributed by atoms with Gasteiger partial charge in [0, 0.05) is 19.0 Å². The smallest absolute Gasteiger partial charge is 0.311 e. The minimum Gasteiger partial charge on any atom is -0.481 e. The molecule has 0 aromatic rings. The van der Waals surface area contributed by atoms with Gasteiger partial charge in [-0.3, -0.25) is 9.59 Å². The van der Waals surface area contributed by atoms with Crippen LogP contribution in [0.15, 0.2) is 0 Å². The minimum absolute atomic E-state index is 0.203. The summed E-state index contributed by atoms with van der Waals surface area (Å²) in [7, 11) is 0. The van der Waals surface area contributed by atoms with E-state index in [-0.39, 0.29) is 11.8 Å². The molecule has 4 saturated carbocycles. The molecule has 5 rings (SSSR count). The summed E-state index contributed by atoms with van der Waals surface area (Å²) in [6.07, 6.45) is 6.78. The molecule has 1 heterocycles. The monoisotopic (exact) mass is 289 g/mol. The van der Waals surface area contributed by atoms with Crippen LogP contribution in [-0.2, 0) is 9.59 Å². The molecule has 4 unspecified atom stereocenters. The van der Waals surface area contributed by atoms with Crippen LogP contribution in [0.5, 0.6) is 0 Å². The molecule has 6 atom stereocenters. The first-order valence-corrected chi connectivity index (χ1v) is 8.64. The Hall–Kier alpha value is -1.06. The third-order valence-electron chi connectivity index (χ3n) is 7.63. The van der Waals surface area contributed by atoms with Gasteiger partial charge in [0.05, 0.1) is 5.41 Å². The van der Waals surface area contributed by atoms with Crippen LogP contribution in [0.2, 0.25) is 0 Å². The van der Waals surface area contributed by atoms with E-state index in [9.17, 15) is 14.7 Å². The highest BCUT2D eigenvalue weighted by atomic mass is 16.4. The molecular formula is C17H23NO3. The minimum atomic E-state index is -0.670. The van der Waals surface area contributed by atoms with Gasteiger partial charge >= 0.3 is 5.97 Å². The van der Waals surface area contributed by atoms with E-state index in [1.54, 1.807) is 0 Å². The number of rotatable bonds is 2. The van der Waals surface area contributed by atoms with Crippen molar-refractivity contribution >= 4 is 11.9 Å². The van der Waals surface area contributed by atoms with Crippen molar-refractivity contribution < 1.29 is 14.7 Å². The van der Waals surface area contributed by atoms with Crippen molar-refractivity contribution in [2.24, 2.45) is 40.9 Å². The summed E-state index contributed by atoms with van der Waals surface area (Å²) in [6, 6.07) is 0. The summed E-state index contributed by atoms with van der Waals surface area (Å²) in [6.45, 7) is 1.19. The maximum Gasteiger partial charge on any atom is 0.311 e. The van der Waals surface area contributed by atoms with Crippen LogP contribution in [0.25, 0.3) is 0 Å². The summed E-state index contributed by atoms with van der Waals surface area (Å²) in [5, 5.41) is 9.65. The fourth-order valence-electron chi connectivity index (χ4n) is 6.67. The predicted octanol–water partition coefficient (Wildman–Crippen LogP) is 1.99. The van der Waals surface area contributed by atoms with Gasteiger partial charge in [0.1, 0.15) is 0 Å². The number of fused-ring (bicyclic) bond motifs is 6. The molecule has 1 amide bonds. The van der Waals surface area contributed by atoms with Gasteiger partial charge in [-0.15, -0.1) is 0 Å². The largest absolute Gasteiger partial charge is 0.481 e. The van der Waals surface area contributed by atoms with Gasteiger partial charge in [-0.25, -0.2) is 0 Å². The van der Waals surface area contributed by atoms with Crippen molar-refractivity contribution in [2.45, 2.75) is 38.5 Å². The highest BCUT2D eigenvalue weighted by molar-refractivity contribution is 5.85. The first kappa shape index (κ1) is 12.5. The van der Waals surface area contributed by atoms with E-state index in [4.69, 9.17) is 0 Å². The zero-order valence-electron chi connectivity index (χ0n) is 12.3. The molecule has 114 valence electrons. The van der Waals surface area contributed by atoms with Crippen LogP contribution in [0.4, 0.5) is 0 Å². The van der Waals surface area contributed by atoms with E-state index in [1.165, 1.54) is 19.3 Å². The highest BCUT2D eigenvalue weighted by Crippen LogP contribution is 2.70. The average molecular weight is 289 g/mol. The van der Waals surface area contributed by atoms with Gasteiger partial charge < -0.3 is 10.0 Å². The molecule has 1 N–H and O–H groups in total. The van der Waals surface area contributed by atoms with Crippen molar-refractivity contribution in [3.05, 3.63) is 0 Å². The zero-order chi connectivity index (χ0) is 14.4. The molecule has 0 radical (unpaired) electrons. The molecule has 4 heteroatoms. The topological polar surface area (TPSA) is 57.6 Å². The highest BCUT2D eigenvalue weighted by Gasteiger charge is 2.69. The number of nitrogens with zero attached hydrogens (tertiary/aromatic N) is 1. The fraction of sp³-hybridized carbons (Fsp3) is 0.882. The van der Waals surface area contributed by atoms with Crippen LogP contribution >= 0.6 is 0 Å². The van der Waals surface area contributed by atoms with E-state index in [0.717, 1.165) is 31.1 Å². The lowest BCUT2D eigenvalue weighted by Gasteiger charge is -2.23. The van der Waals surface area contributed by atoms with E-state index in [0.29, 0.717) is 30.8 Å². The summed E-state index contributed by atoms with van der Waals surface area (Å²) in [5.74, 6) is 3.05. The molecule has 21 heavy (non-hydrogen) atoms. The third kappa shape index (κ3) is 1.42. The fourth-order valence-corrected chi connectivity index (χ4v) is 6.67. The summed E-state index contributed by atoms with van der Waals surface area (Å²) >= 11 is 0. The van der Waals surface area contributed by atoms with Gasteiger partial charge in [-0.05, 0) is 61.7 Å². The number of carboxylic acid groups (broad SMARTS) is 1. The Balaban J connectivity index is 1.34. The molecule has 1 aliphatic heterocycles. The lowest BCUT2D eigenvalue weighted by atomic mass is 9.81. The second-order valence-corrected chi connectivity index (χ2v) is 8.28. The Morgan fingerprint density at radius 3 is 2.43 bits per heavy atom. The van der Waals surface area contributed by atoms with Gasteiger partial charge in [0.25, 0.3) is 0 Å². The maximum absolute atomic E-state index is 12.9. The number of hydrogen-bond acceptors (Lipinski definition) is 2. The predicted molar refractivity (Wildman–Crippen MR) is 75.3 cm³/mol. The molecule has 0 aromatic carbocycles. The normalized spacial score (nSPS) is 52.9. The number of aliphatic carboxylic acids is 1. The van der Waals surface area contributed by atoms with E-state index < -0.39 is 11.4 Å². The molecular weight excluding hydrogens is 266 g/mol. The van der Waals surface area contributed by atoms with Crippen LogP contribution in [0.3, 0.4) is 0 Å². The van der Waals surface area contributed by atoms with E-state index >= 15 is 0 Å². The Morgan fingerprint density at radius 1 is 1.10 bits per heavy atom. The number of carboxylic acids is 1. The second-order valence-electron chi connectivity index (χ2n) is 8.28. The quantitative estimate of drug-likeness (QED) is 0.846. The van der Waals surface area contributed by atoms with Gasteiger partial charge in [0.15, 0.2) is 0 Å². The maximum atomic E-state index is 12.9. The number of amides is 1. The van der Waals surface area contributed by atoms with E-state index in [1.807, 2.05) is 4.90 Å².